The number of nitrogens with one attached hydrogen (secondary N) is 1. The lowest BCUT2D eigenvalue weighted by Gasteiger charge is -2.18. The molecule has 0 aliphatic heterocycles. The second kappa shape index (κ2) is 5.55. The highest BCUT2D eigenvalue weighted by atomic mass is 14.9. The topological polar surface area (TPSA) is 38.0 Å². The minimum Gasteiger partial charge on any atom is -0.328 e. The molecule has 0 heterocycles. The maximum absolute atomic E-state index is 5.62. The van der Waals surface area contributed by atoms with E-state index in [9.17, 15) is 0 Å². The smallest absolute Gasteiger partial charge is 0.00225 e. The van der Waals surface area contributed by atoms with Crippen LogP contribution in [0, 0.1) is 5.41 Å². The number of hydrogen-bond donors (Lipinski definition) is 2. The van der Waals surface area contributed by atoms with Crippen molar-refractivity contribution in [1.82, 2.24) is 5.32 Å². The summed E-state index contributed by atoms with van der Waals surface area (Å²) in [6.07, 6.45) is 2.30. The summed E-state index contributed by atoms with van der Waals surface area (Å²) in [5.74, 6) is 0. The zero-order valence-corrected chi connectivity index (χ0v) is 8.98. The molecule has 1 unspecified atom stereocenters. The number of nitrogens with two attached hydrogens (primary N) is 1. The Kier molecular flexibility index (Phi) is 5.51. The van der Waals surface area contributed by atoms with Crippen LogP contribution in [-0.4, -0.2) is 19.1 Å². The summed E-state index contributed by atoms with van der Waals surface area (Å²) in [5, 5.41) is 3.39. The van der Waals surface area contributed by atoms with Crippen LogP contribution in [0.25, 0.3) is 0 Å². The van der Waals surface area contributed by atoms with E-state index in [0.29, 0.717) is 11.5 Å². The summed E-state index contributed by atoms with van der Waals surface area (Å²) in [6.45, 7) is 11.0. The van der Waals surface area contributed by atoms with Gasteiger partial charge in [0.1, 0.15) is 0 Å². The van der Waals surface area contributed by atoms with Crippen molar-refractivity contribution in [3.63, 3.8) is 0 Å². The van der Waals surface area contributed by atoms with Gasteiger partial charge < -0.3 is 11.1 Å². The van der Waals surface area contributed by atoms with Crippen molar-refractivity contribution in [3.8, 4) is 0 Å². The van der Waals surface area contributed by atoms with E-state index < -0.39 is 0 Å². The molecule has 0 rings (SSSR count). The lowest BCUT2D eigenvalue weighted by Crippen LogP contribution is -2.26. The lowest BCUT2D eigenvalue weighted by molar-refractivity contribution is 0.365. The zero-order valence-electron chi connectivity index (χ0n) is 8.98. The standard InChI is InChI=1S/C10H24N2/c1-9(11)5-7-12-8-6-10(2,3)4/h9,12H,5-8,11H2,1-4H3. The second-order valence-electron chi connectivity index (χ2n) is 4.83. The van der Waals surface area contributed by atoms with Gasteiger partial charge in [-0.15, -0.1) is 0 Å². The number of hydrogen-bond acceptors (Lipinski definition) is 2. The molecule has 12 heavy (non-hydrogen) atoms. The molecular formula is C10H24N2. The molecule has 0 fully saturated rings. The van der Waals surface area contributed by atoms with Gasteiger partial charge in [0, 0.05) is 6.04 Å². The van der Waals surface area contributed by atoms with Crippen molar-refractivity contribution in [2.75, 3.05) is 13.1 Å². The quantitative estimate of drug-likeness (QED) is 0.620. The Morgan fingerprint density at radius 1 is 1.25 bits per heavy atom. The second-order valence-corrected chi connectivity index (χ2v) is 4.83. The van der Waals surface area contributed by atoms with E-state index in [1.165, 1.54) is 6.42 Å². The zero-order chi connectivity index (χ0) is 9.61. The summed E-state index contributed by atoms with van der Waals surface area (Å²) in [6, 6.07) is 0.326. The fourth-order valence-corrected chi connectivity index (χ4v) is 0.918. The van der Waals surface area contributed by atoms with Gasteiger partial charge >= 0.3 is 0 Å². The number of rotatable bonds is 5. The fourth-order valence-electron chi connectivity index (χ4n) is 0.918. The Hall–Kier alpha value is -0.0800. The minimum absolute atomic E-state index is 0.326. The van der Waals surface area contributed by atoms with Crippen LogP contribution in [0.4, 0.5) is 0 Å². The Morgan fingerprint density at radius 2 is 1.83 bits per heavy atom. The van der Waals surface area contributed by atoms with Gasteiger partial charge in [-0.3, -0.25) is 0 Å². The molecule has 3 N–H and O–H groups in total. The third kappa shape index (κ3) is 9.92. The van der Waals surface area contributed by atoms with Crippen molar-refractivity contribution in [1.29, 1.82) is 0 Å². The minimum atomic E-state index is 0.326. The van der Waals surface area contributed by atoms with Crippen molar-refractivity contribution in [2.24, 2.45) is 11.1 Å². The molecule has 0 saturated carbocycles. The first-order chi connectivity index (χ1) is 5.42. The van der Waals surface area contributed by atoms with Gasteiger partial charge in [-0.25, -0.2) is 0 Å². The molecule has 0 saturated heterocycles. The molecule has 0 radical (unpaired) electrons. The average Bonchev–Trinajstić information content (AvgIpc) is 1.83. The van der Waals surface area contributed by atoms with E-state index in [2.05, 4.69) is 26.1 Å². The van der Waals surface area contributed by atoms with E-state index in [1.54, 1.807) is 0 Å². The third-order valence-electron chi connectivity index (χ3n) is 1.83. The molecule has 74 valence electrons. The lowest BCUT2D eigenvalue weighted by atomic mass is 9.92. The first-order valence-electron chi connectivity index (χ1n) is 4.88. The summed E-state index contributed by atoms with van der Waals surface area (Å²) < 4.78 is 0. The maximum atomic E-state index is 5.62. The van der Waals surface area contributed by atoms with Gasteiger partial charge in [-0.1, -0.05) is 20.8 Å². The maximum Gasteiger partial charge on any atom is 0.00225 e. The molecule has 0 spiro atoms. The van der Waals surface area contributed by atoms with Gasteiger partial charge in [0.15, 0.2) is 0 Å². The highest BCUT2D eigenvalue weighted by molar-refractivity contribution is 4.63. The third-order valence-corrected chi connectivity index (χ3v) is 1.83. The van der Waals surface area contributed by atoms with Crippen molar-refractivity contribution >= 4 is 0 Å². The van der Waals surface area contributed by atoms with E-state index in [1.807, 2.05) is 6.92 Å². The van der Waals surface area contributed by atoms with E-state index in [0.717, 1.165) is 19.5 Å². The van der Waals surface area contributed by atoms with Crippen LogP contribution >= 0.6 is 0 Å². The van der Waals surface area contributed by atoms with Gasteiger partial charge in [-0.2, -0.15) is 0 Å². The van der Waals surface area contributed by atoms with Gasteiger partial charge in [0.2, 0.25) is 0 Å². The molecule has 0 amide bonds. The Morgan fingerprint density at radius 3 is 2.25 bits per heavy atom. The molecule has 0 aromatic rings. The highest BCUT2D eigenvalue weighted by Gasteiger charge is 2.08. The van der Waals surface area contributed by atoms with Crippen LogP contribution in [-0.2, 0) is 0 Å². The molecule has 0 aromatic heterocycles. The van der Waals surface area contributed by atoms with Gasteiger partial charge in [0.25, 0.3) is 0 Å². The first kappa shape index (κ1) is 11.9. The van der Waals surface area contributed by atoms with Crippen LogP contribution in [0.2, 0.25) is 0 Å². The Balaban J connectivity index is 3.12. The van der Waals surface area contributed by atoms with Crippen LogP contribution in [0.3, 0.4) is 0 Å². The predicted molar refractivity (Wildman–Crippen MR) is 55.2 cm³/mol. The van der Waals surface area contributed by atoms with Crippen LogP contribution in [0.5, 0.6) is 0 Å². The summed E-state index contributed by atoms with van der Waals surface area (Å²) in [7, 11) is 0. The van der Waals surface area contributed by atoms with E-state index in [-0.39, 0.29) is 0 Å². The monoisotopic (exact) mass is 172 g/mol. The molecule has 2 nitrogen and oxygen atoms in total. The van der Waals surface area contributed by atoms with E-state index in [4.69, 9.17) is 5.73 Å². The van der Waals surface area contributed by atoms with Crippen molar-refractivity contribution < 1.29 is 0 Å². The van der Waals surface area contributed by atoms with Crippen LogP contribution in [0.1, 0.15) is 40.5 Å². The van der Waals surface area contributed by atoms with E-state index >= 15 is 0 Å². The summed E-state index contributed by atoms with van der Waals surface area (Å²) in [5.41, 5.74) is 6.07. The van der Waals surface area contributed by atoms with Crippen LogP contribution < -0.4 is 11.1 Å². The van der Waals surface area contributed by atoms with Crippen molar-refractivity contribution in [2.45, 2.75) is 46.6 Å². The van der Waals surface area contributed by atoms with Crippen LogP contribution in [0.15, 0.2) is 0 Å². The SMILES string of the molecule is CC(N)CCNCCC(C)(C)C. The molecule has 1 atom stereocenters. The summed E-state index contributed by atoms with van der Waals surface area (Å²) >= 11 is 0. The highest BCUT2D eigenvalue weighted by Crippen LogP contribution is 2.16. The van der Waals surface area contributed by atoms with Crippen molar-refractivity contribution in [3.05, 3.63) is 0 Å². The predicted octanol–water partition coefficient (Wildman–Crippen LogP) is 1.75. The van der Waals surface area contributed by atoms with Gasteiger partial charge in [0.05, 0.1) is 0 Å². The first-order valence-corrected chi connectivity index (χ1v) is 4.88. The molecule has 0 aromatic carbocycles. The largest absolute Gasteiger partial charge is 0.328 e. The average molecular weight is 172 g/mol. The Bertz CT molecular complexity index is 103. The summed E-state index contributed by atoms with van der Waals surface area (Å²) in [4.78, 5) is 0. The molecule has 2 heteroatoms. The molecule has 0 bridgehead atoms. The normalized spacial score (nSPS) is 14.8. The molecule has 0 aliphatic carbocycles. The van der Waals surface area contributed by atoms with Gasteiger partial charge in [-0.05, 0) is 38.3 Å². The molecule has 0 aliphatic rings. The Labute approximate surface area is 76.9 Å². The molecular weight excluding hydrogens is 148 g/mol. The fraction of sp³-hybridized carbons (Fsp3) is 1.00.